The van der Waals surface area contributed by atoms with Gasteiger partial charge in [-0.15, -0.1) is 0 Å². The van der Waals surface area contributed by atoms with Crippen molar-refractivity contribution in [3.63, 3.8) is 0 Å². The van der Waals surface area contributed by atoms with E-state index < -0.39 is 0 Å². The van der Waals surface area contributed by atoms with Gasteiger partial charge in [-0.2, -0.15) is 0 Å². The molecule has 0 bridgehead atoms. The largest absolute Gasteiger partial charge is 0.381 e. The minimum absolute atomic E-state index is 0. The summed E-state index contributed by atoms with van der Waals surface area (Å²) in [7, 11) is 0. The van der Waals surface area contributed by atoms with Crippen LogP contribution in [0.3, 0.4) is 0 Å². The molecule has 3 aliphatic heterocycles. The summed E-state index contributed by atoms with van der Waals surface area (Å²) in [6, 6.07) is 0. The molecule has 0 aliphatic carbocycles. The van der Waals surface area contributed by atoms with Crippen LogP contribution >= 0.6 is 0 Å². The van der Waals surface area contributed by atoms with Crippen LogP contribution in [0, 0.1) is 143 Å². The first-order chi connectivity index (χ1) is 14.6. The van der Waals surface area contributed by atoms with Gasteiger partial charge in [0.15, 0.2) is 0 Å². The van der Waals surface area contributed by atoms with Gasteiger partial charge >= 0.3 is 0 Å². The van der Waals surface area contributed by atoms with Crippen LogP contribution in [0.1, 0.15) is 38.5 Å². The van der Waals surface area contributed by atoms with E-state index in [4.69, 9.17) is 14.2 Å². The van der Waals surface area contributed by atoms with Gasteiger partial charge in [-0.1, -0.05) is 0 Å². The van der Waals surface area contributed by atoms with Crippen molar-refractivity contribution in [2.45, 2.75) is 38.5 Å². The second kappa shape index (κ2) is 76.5. The Labute approximate surface area is 270 Å². The molecule has 181 valence electrons. The maximum atomic E-state index is 4.94. The molecule has 0 unspecified atom stereocenters. The molecule has 3 nitrogen and oxygen atoms in total. The molecule has 0 aromatic rings. The van der Waals surface area contributed by atoms with E-state index in [0.29, 0.717) is 0 Å². The molecule has 0 saturated carbocycles. The van der Waals surface area contributed by atoms with Crippen molar-refractivity contribution >= 4 is 37.7 Å². The summed E-state index contributed by atoms with van der Waals surface area (Å²) in [5.74, 6) is 0. The van der Waals surface area contributed by atoms with Crippen molar-refractivity contribution in [2.24, 2.45) is 0 Å². The monoisotopic (exact) mass is 575 g/mol. The van der Waals surface area contributed by atoms with E-state index in [1.54, 1.807) is 0 Å². The van der Waals surface area contributed by atoms with Gasteiger partial charge in [0.1, 0.15) is 0 Å². The van der Waals surface area contributed by atoms with Crippen LogP contribution in [0.25, 0.3) is 0 Å². The van der Waals surface area contributed by atoms with Crippen LogP contribution in [-0.4, -0.2) is 77.4 Å². The quantitative estimate of drug-likeness (QED) is 0.336. The maximum absolute atomic E-state index is 4.94. The third-order valence-electron chi connectivity index (χ3n) is 2.48. The van der Waals surface area contributed by atoms with Crippen molar-refractivity contribution < 1.29 is 56.0 Å². The standard InChI is InChI=1S/3C4H8O.5C3H5.Ce.2Li/c3*1-2-4-5-3-1;5*1-3-2;;;/h3*1-4H2;5*3H,1-2H2;;;. The molecule has 0 atom stereocenters. The van der Waals surface area contributed by atoms with Gasteiger partial charge in [0.05, 0.1) is 0 Å². The summed E-state index contributed by atoms with van der Waals surface area (Å²) in [4.78, 5) is 0. The first kappa shape index (κ1) is 55.8. The molecule has 0 aromatic heterocycles. The molecule has 3 heterocycles. The van der Waals surface area contributed by atoms with Gasteiger partial charge < -0.3 is 14.2 Å². The maximum Gasteiger partial charge on any atom is 0.0466 e. The molecule has 3 rings (SSSR count). The van der Waals surface area contributed by atoms with E-state index in [9.17, 15) is 0 Å². The van der Waals surface area contributed by atoms with E-state index in [-0.39, 0.29) is 79.5 Å². The SMILES string of the molecule is C1CCOC1.C1CCOC1.C1CCOC1.[CH2][CH][CH2].[CH2][CH][CH2].[CH2][CH][CH2].[CH2][CH][CH2].[CH2][CH][CH2].[Ce].[Li].[Li]. The smallest absolute Gasteiger partial charge is 0.0466 e. The van der Waals surface area contributed by atoms with Gasteiger partial charge in [-0.3, -0.25) is 0 Å². The molecule has 6 heteroatoms. The Balaban J connectivity index is -0.0000000362. The summed E-state index contributed by atoms with van der Waals surface area (Å²) in [6.45, 7) is 38.5. The number of hydrogen-bond donors (Lipinski definition) is 0. The van der Waals surface area contributed by atoms with Crippen molar-refractivity contribution in [1.82, 2.24) is 0 Å². The molecule has 33 heavy (non-hydrogen) atoms. The molecule has 0 amide bonds. The van der Waals surface area contributed by atoms with Gasteiger partial charge in [-0.25, -0.2) is 0 Å². The topological polar surface area (TPSA) is 27.7 Å². The number of hydrogen-bond acceptors (Lipinski definition) is 3. The van der Waals surface area contributed by atoms with Gasteiger partial charge in [0.2, 0.25) is 0 Å². The number of ether oxygens (including phenoxy) is 3. The van der Waals surface area contributed by atoms with Crippen LogP contribution in [0.5, 0.6) is 0 Å². The Hall–Kier alpha value is 2.45. The van der Waals surface area contributed by atoms with Crippen molar-refractivity contribution in [2.75, 3.05) is 39.6 Å². The predicted octanol–water partition coefficient (Wildman–Crippen LogP) is 5.92. The van der Waals surface area contributed by atoms with Crippen molar-refractivity contribution in [3.8, 4) is 0 Å². The number of rotatable bonds is 0. The first-order valence-corrected chi connectivity index (χ1v) is 10.3. The summed E-state index contributed by atoms with van der Waals surface area (Å²) < 4.78 is 14.8. The van der Waals surface area contributed by atoms with E-state index in [0.717, 1.165) is 39.6 Å². The fourth-order valence-corrected chi connectivity index (χ4v) is 1.53. The Morgan fingerprint density at radius 2 is 0.424 bits per heavy atom. The summed E-state index contributed by atoms with van der Waals surface area (Å²) in [6.07, 6.45) is 15.2. The fourth-order valence-electron chi connectivity index (χ4n) is 1.53. The second-order valence-electron chi connectivity index (χ2n) is 5.40. The molecule has 3 saturated heterocycles. The van der Waals surface area contributed by atoms with E-state index in [2.05, 4.69) is 69.2 Å². The molecule has 3 fully saturated rings. The zero-order valence-electron chi connectivity index (χ0n) is 22.2. The fraction of sp³-hybridized carbons (Fsp3) is 0.444. The second-order valence-corrected chi connectivity index (χ2v) is 5.40. The van der Waals surface area contributed by atoms with Gasteiger partial charge in [0.25, 0.3) is 0 Å². The van der Waals surface area contributed by atoms with Crippen LogP contribution in [-0.2, 0) is 14.2 Å². The van der Waals surface area contributed by atoms with Crippen molar-refractivity contribution in [3.05, 3.63) is 101 Å². The van der Waals surface area contributed by atoms with Gasteiger partial charge in [0, 0.05) is 119 Å². The minimum Gasteiger partial charge on any atom is -0.381 e. The molecule has 0 spiro atoms. The Kier molecular flexibility index (Phi) is 129. The van der Waals surface area contributed by atoms with Crippen molar-refractivity contribution in [1.29, 1.82) is 0 Å². The summed E-state index contributed by atoms with van der Waals surface area (Å²) >= 11 is 0. The van der Waals surface area contributed by atoms with Crippen LogP contribution in [0.4, 0.5) is 0 Å². The third kappa shape index (κ3) is 119. The zero-order chi connectivity index (χ0) is 24.1. The Morgan fingerprint density at radius 1 is 0.333 bits per heavy atom. The van der Waals surface area contributed by atoms with E-state index in [1.807, 2.05) is 0 Å². The van der Waals surface area contributed by atoms with Crippen LogP contribution < -0.4 is 0 Å². The average molecular weight is 576 g/mol. The third-order valence-corrected chi connectivity index (χ3v) is 2.48. The van der Waals surface area contributed by atoms with Crippen LogP contribution in [0.2, 0.25) is 0 Å². The van der Waals surface area contributed by atoms with E-state index >= 15 is 0 Å². The van der Waals surface area contributed by atoms with E-state index in [1.165, 1.54) is 70.6 Å². The minimum atomic E-state index is 0. The molecule has 0 N–H and O–H groups in total. The first-order valence-electron chi connectivity index (χ1n) is 10.3. The molecular weight excluding hydrogens is 526 g/mol. The molecule has 0 aromatic carbocycles. The van der Waals surface area contributed by atoms with Crippen LogP contribution in [0.15, 0.2) is 0 Å². The average Bonchev–Trinajstić information content (AvgIpc) is 3.54. The predicted molar refractivity (Wildman–Crippen MR) is 147 cm³/mol. The molecule has 3 aliphatic rings. The Morgan fingerprint density at radius 3 is 0.455 bits per heavy atom. The summed E-state index contributed by atoms with van der Waals surface area (Å²) in [5, 5.41) is 0. The van der Waals surface area contributed by atoms with Gasteiger partial charge in [-0.05, 0) is 140 Å². The normalized spacial score (nSPS) is 13.6. The zero-order valence-corrected chi connectivity index (χ0v) is 25.3. The molecular formula is C27H49CeLi2O3. The Bertz CT molecular complexity index is 134. The summed E-state index contributed by atoms with van der Waals surface area (Å²) in [5.41, 5.74) is 0. The molecule has 17 radical (unpaired) electrons.